The van der Waals surface area contributed by atoms with Crippen molar-refractivity contribution >= 4 is 0 Å². The van der Waals surface area contributed by atoms with Gasteiger partial charge in [0, 0.05) is 12.0 Å². The summed E-state index contributed by atoms with van der Waals surface area (Å²) in [6.45, 7) is 10.1. The summed E-state index contributed by atoms with van der Waals surface area (Å²) in [5.41, 5.74) is 8.74. The van der Waals surface area contributed by atoms with Crippen LogP contribution in [0.3, 0.4) is 0 Å². The largest absolute Gasteiger partial charge is 0.494 e. The van der Waals surface area contributed by atoms with E-state index in [1.807, 2.05) is 6.07 Å². The van der Waals surface area contributed by atoms with Gasteiger partial charge in [-0.25, -0.2) is 0 Å². The first-order chi connectivity index (χ1) is 10.8. The number of ether oxygens (including phenoxy) is 1. The van der Waals surface area contributed by atoms with Crippen molar-refractivity contribution in [2.24, 2.45) is 5.73 Å². The second-order valence-corrected chi connectivity index (χ2v) is 7.50. The molecular weight excluding hydrogens is 282 g/mol. The second kappa shape index (κ2) is 7.18. The predicted molar refractivity (Wildman–Crippen MR) is 98.1 cm³/mol. The van der Waals surface area contributed by atoms with E-state index in [4.69, 9.17) is 10.5 Å². The van der Waals surface area contributed by atoms with Gasteiger partial charge in [0.1, 0.15) is 5.75 Å². The molecule has 0 spiro atoms. The fourth-order valence-electron chi connectivity index (χ4n) is 2.65. The van der Waals surface area contributed by atoms with Crippen molar-refractivity contribution in [3.8, 4) is 5.75 Å². The number of hydrogen-bond acceptors (Lipinski definition) is 2. The van der Waals surface area contributed by atoms with Gasteiger partial charge in [-0.3, -0.25) is 0 Å². The van der Waals surface area contributed by atoms with E-state index < -0.39 is 0 Å². The minimum atomic E-state index is -0.0490. The van der Waals surface area contributed by atoms with Gasteiger partial charge in [-0.2, -0.15) is 0 Å². The van der Waals surface area contributed by atoms with Crippen molar-refractivity contribution in [1.82, 2.24) is 0 Å². The van der Waals surface area contributed by atoms with Crippen molar-refractivity contribution in [1.29, 1.82) is 0 Å². The maximum atomic E-state index is 6.03. The molecule has 1 unspecified atom stereocenters. The summed E-state index contributed by atoms with van der Waals surface area (Å²) in [5, 5.41) is 0. The maximum Gasteiger partial charge on any atom is 0.119 e. The van der Waals surface area contributed by atoms with Crippen LogP contribution in [0.15, 0.2) is 54.6 Å². The first kappa shape index (κ1) is 17.6. The second-order valence-electron chi connectivity index (χ2n) is 7.50. The maximum absolute atomic E-state index is 6.03. The molecule has 0 aromatic heterocycles. The van der Waals surface area contributed by atoms with Crippen LogP contribution in [-0.4, -0.2) is 13.2 Å². The Morgan fingerprint density at radius 2 is 1.43 bits per heavy atom. The summed E-state index contributed by atoms with van der Waals surface area (Å²) >= 11 is 0. The highest BCUT2D eigenvalue weighted by molar-refractivity contribution is 5.31. The molecule has 0 saturated carbocycles. The van der Waals surface area contributed by atoms with Gasteiger partial charge in [0.05, 0.1) is 6.61 Å². The standard InChI is InChI=1S/C21H29NO/c1-20(2,3)17-10-12-19(13-11-17)23-15-14-21(4,16-22)18-8-6-5-7-9-18/h5-13H,14-16,22H2,1-4H3. The molecule has 2 aromatic rings. The van der Waals surface area contributed by atoms with E-state index in [2.05, 4.69) is 76.2 Å². The Labute approximate surface area is 140 Å². The molecule has 0 amide bonds. The van der Waals surface area contributed by atoms with Gasteiger partial charge in [0.2, 0.25) is 0 Å². The van der Waals surface area contributed by atoms with Crippen LogP contribution in [0.25, 0.3) is 0 Å². The zero-order valence-corrected chi connectivity index (χ0v) is 14.8. The quantitative estimate of drug-likeness (QED) is 0.841. The van der Waals surface area contributed by atoms with E-state index in [0.717, 1.165) is 12.2 Å². The minimum Gasteiger partial charge on any atom is -0.494 e. The Morgan fingerprint density at radius 3 is 1.96 bits per heavy atom. The van der Waals surface area contributed by atoms with Crippen molar-refractivity contribution in [2.75, 3.05) is 13.2 Å². The monoisotopic (exact) mass is 311 g/mol. The highest BCUT2D eigenvalue weighted by atomic mass is 16.5. The number of nitrogens with two attached hydrogens (primary N) is 1. The van der Waals surface area contributed by atoms with Crippen LogP contribution in [-0.2, 0) is 10.8 Å². The van der Waals surface area contributed by atoms with E-state index in [-0.39, 0.29) is 10.8 Å². The zero-order valence-electron chi connectivity index (χ0n) is 14.8. The lowest BCUT2D eigenvalue weighted by Crippen LogP contribution is -2.33. The van der Waals surface area contributed by atoms with Gasteiger partial charge in [0.25, 0.3) is 0 Å². The lowest BCUT2D eigenvalue weighted by molar-refractivity contribution is 0.266. The molecule has 1 atom stereocenters. The molecule has 124 valence electrons. The number of hydrogen-bond donors (Lipinski definition) is 1. The topological polar surface area (TPSA) is 35.2 Å². The molecule has 2 nitrogen and oxygen atoms in total. The molecule has 2 heteroatoms. The van der Waals surface area contributed by atoms with Gasteiger partial charge in [-0.15, -0.1) is 0 Å². The Bertz CT molecular complexity index is 598. The first-order valence-corrected chi connectivity index (χ1v) is 8.34. The van der Waals surface area contributed by atoms with Crippen molar-refractivity contribution in [2.45, 2.75) is 44.9 Å². The van der Waals surface area contributed by atoms with Crippen LogP contribution in [0.1, 0.15) is 45.2 Å². The zero-order chi connectivity index (χ0) is 16.9. The van der Waals surface area contributed by atoms with E-state index >= 15 is 0 Å². The van der Waals surface area contributed by atoms with Gasteiger partial charge in [-0.05, 0) is 35.1 Å². The van der Waals surface area contributed by atoms with Crippen molar-refractivity contribution in [3.05, 3.63) is 65.7 Å². The van der Waals surface area contributed by atoms with Crippen molar-refractivity contribution < 1.29 is 4.74 Å². The molecule has 2 aromatic carbocycles. The fraction of sp³-hybridized carbons (Fsp3) is 0.429. The van der Waals surface area contributed by atoms with Crippen LogP contribution in [0.5, 0.6) is 5.75 Å². The fourth-order valence-corrected chi connectivity index (χ4v) is 2.65. The summed E-state index contributed by atoms with van der Waals surface area (Å²) in [6, 6.07) is 18.9. The normalized spacial score (nSPS) is 14.3. The van der Waals surface area contributed by atoms with Crippen LogP contribution >= 0.6 is 0 Å². The third kappa shape index (κ3) is 4.59. The molecule has 0 fully saturated rings. The average Bonchev–Trinajstić information content (AvgIpc) is 2.55. The third-order valence-electron chi connectivity index (χ3n) is 4.56. The summed E-state index contributed by atoms with van der Waals surface area (Å²) in [6.07, 6.45) is 0.897. The van der Waals surface area contributed by atoms with Gasteiger partial charge < -0.3 is 10.5 Å². The Morgan fingerprint density at radius 1 is 0.826 bits per heavy atom. The summed E-state index contributed by atoms with van der Waals surface area (Å²) in [4.78, 5) is 0. The molecular formula is C21H29NO. The molecule has 0 aliphatic rings. The molecule has 0 saturated heterocycles. The summed E-state index contributed by atoms with van der Waals surface area (Å²) in [7, 11) is 0. The molecule has 0 aliphatic carbocycles. The van der Waals surface area contributed by atoms with Crippen LogP contribution < -0.4 is 10.5 Å². The molecule has 0 aliphatic heterocycles. The highest BCUT2D eigenvalue weighted by Gasteiger charge is 2.24. The lowest BCUT2D eigenvalue weighted by Gasteiger charge is -2.28. The summed E-state index contributed by atoms with van der Waals surface area (Å²) in [5.74, 6) is 0.922. The van der Waals surface area contributed by atoms with E-state index in [0.29, 0.717) is 13.2 Å². The van der Waals surface area contributed by atoms with Gasteiger partial charge >= 0.3 is 0 Å². The smallest absolute Gasteiger partial charge is 0.119 e. The molecule has 23 heavy (non-hydrogen) atoms. The van der Waals surface area contributed by atoms with E-state index in [1.165, 1.54) is 11.1 Å². The third-order valence-corrected chi connectivity index (χ3v) is 4.56. The first-order valence-electron chi connectivity index (χ1n) is 8.34. The highest BCUT2D eigenvalue weighted by Crippen LogP contribution is 2.27. The average molecular weight is 311 g/mol. The SMILES string of the molecule is CC(C)(C)c1ccc(OCCC(C)(CN)c2ccccc2)cc1. The van der Waals surface area contributed by atoms with E-state index in [9.17, 15) is 0 Å². The number of rotatable bonds is 6. The van der Waals surface area contributed by atoms with Crippen LogP contribution in [0.4, 0.5) is 0 Å². The van der Waals surface area contributed by atoms with Gasteiger partial charge in [-0.1, -0.05) is 70.2 Å². The minimum absolute atomic E-state index is 0.0490. The molecule has 2 rings (SSSR count). The number of benzene rings is 2. The Hall–Kier alpha value is -1.80. The van der Waals surface area contributed by atoms with Crippen LogP contribution in [0, 0.1) is 0 Å². The van der Waals surface area contributed by atoms with Crippen LogP contribution in [0.2, 0.25) is 0 Å². The summed E-state index contributed by atoms with van der Waals surface area (Å²) < 4.78 is 5.94. The Balaban J connectivity index is 1.96. The molecule has 0 heterocycles. The van der Waals surface area contributed by atoms with Crippen molar-refractivity contribution in [3.63, 3.8) is 0 Å². The Kier molecular flexibility index (Phi) is 5.48. The predicted octanol–water partition coefficient (Wildman–Crippen LogP) is 4.67. The van der Waals surface area contributed by atoms with Gasteiger partial charge in [0.15, 0.2) is 0 Å². The lowest BCUT2D eigenvalue weighted by atomic mass is 9.80. The molecule has 2 N–H and O–H groups in total. The van der Waals surface area contributed by atoms with E-state index in [1.54, 1.807) is 0 Å². The molecule has 0 radical (unpaired) electrons. The molecule has 0 bridgehead atoms.